The molecule has 0 unspecified atom stereocenters. The van der Waals surface area contributed by atoms with Gasteiger partial charge in [-0.05, 0) is 48.9 Å². The van der Waals surface area contributed by atoms with Crippen LogP contribution in [0.15, 0.2) is 52.7 Å². The molecule has 88 valence electrons. The van der Waals surface area contributed by atoms with E-state index >= 15 is 0 Å². The maximum absolute atomic E-state index is 9.39. The minimum Gasteiger partial charge on any atom is -0.508 e. The first-order chi connectivity index (χ1) is 8.69. The van der Waals surface area contributed by atoms with E-state index in [1.807, 2.05) is 6.07 Å². The van der Waals surface area contributed by atoms with Crippen molar-refractivity contribution in [3.05, 3.63) is 53.6 Å². The van der Waals surface area contributed by atoms with E-state index in [0.29, 0.717) is 16.9 Å². The zero-order valence-corrected chi connectivity index (χ0v) is 9.83. The van der Waals surface area contributed by atoms with Gasteiger partial charge in [0.2, 0.25) is 0 Å². The van der Waals surface area contributed by atoms with Crippen molar-refractivity contribution in [1.82, 2.24) is 0 Å². The van der Waals surface area contributed by atoms with Crippen molar-refractivity contribution < 1.29 is 5.11 Å². The highest BCUT2D eigenvalue weighted by Crippen LogP contribution is 2.24. The van der Waals surface area contributed by atoms with Crippen LogP contribution in [0.2, 0.25) is 0 Å². The van der Waals surface area contributed by atoms with E-state index in [1.165, 1.54) is 0 Å². The normalized spacial score (nSPS) is 10.4. The minimum absolute atomic E-state index is 0.237. The van der Waals surface area contributed by atoms with Crippen molar-refractivity contribution in [2.24, 2.45) is 10.2 Å². The Bertz CT molecular complexity index is 642. The molecule has 0 heterocycles. The third kappa shape index (κ3) is 2.71. The molecule has 18 heavy (non-hydrogen) atoms. The molecule has 2 aromatic rings. The second-order valence-corrected chi connectivity index (χ2v) is 3.83. The lowest BCUT2D eigenvalue weighted by molar-refractivity contribution is 0.471. The van der Waals surface area contributed by atoms with Crippen molar-refractivity contribution in [2.45, 2.75) is 6.92 Å². The first kappa shape index (κ1) is 11.8. The topological polar surface area (TPSA) is 68.7 Å². The van der Waals surface area contributed by atoms with Crippen LogP contribution in [0.3, 0.4) is 0 Å². The van der Waals surface area contributed by atoms with Gasteiger partial charge in [0.1, 0.15) is 5.75 Å². The summed E-state index contributed by atoms with van der Waals surface area (Å²) >= 11 is 0. The molecule has 0 spiro atoms. The maximum atomic E-state index is 9.39. The molecule has 0 aromatic heterocycles. The van der Waals surface area contributed by atoms with Crippen LogP contribution in [-0.2, 0) is 0 Å². The molecular formula is C14H11N3O. The van der Waals surface area contributed by atoms with Gasteiger partial charge >= 0.3 is 0 Å². The van der Waals surface area contributed by atoms with Crippen LogP contribution in [-0.4, -0.2) is 5.11 Å². The predicted molar refractivity (Wildman–Crippen MR) is 68.2 cm³/mol. The summed E-state index contributed by atoms with van der Waals surface area (Å²) in [5.74, 6) is 0.237. The monoisotopic (exact) mass is 237 g/mol. The molecule has 4 heteroatoms. The van der Waals surface area contributed by atoms with Crippen LogP contribution in [0.1, 0.15) is 11.1 Å². The number of phenols is 1. The SMILES string of the molecule is Cc1cc(N=Nc2cccc(C#N)c2)ccc1O. The van der Waals surface area contributed by atoms with E-state index in [4.69, 9.17) is 5.26 Å². The zero-order chi connectivity index (χ0) is 13.0. The average Bonchev–Trinajstić information content (AvgIpc) is 2.40. The Morgan fingerprint density at radius 3 is 2.44 bits per heavy atom. The number of aromatic hydroxyl groups is 1. The largest absolute Gasteiger partial charge is 0.508 e. The fraction of sp³-hybridized carbons (Fsp3) is 0.0714. The summed E-state index contributed by atoms with van der Waals surface area (Å²) in [6.07, 6.45) is 0. The van der Waals surface area contributed by atoms with Gasteiger partial charge in [-0.25, -0.2) is 0 Å². The summed E-state index contributed by atoms with van der Waals surface area (Å²) in [6, 6.07) is 14.0. The molecule has 0 amide bonds. The summed E-state index contributed by atoms with van der Waals surface area (Å²) in [6.45, 7) is 1.80. The Kier molecular flexibility index (Phi) is 3.35. The molecule has 0 aliphatic heterocycles. The van der Waals surface area contributed by atoms with E-state index in [-0.39, 0.29) is 5.75 Å². The van der Waals surface area contributed by atoms with Gasteiger partial charge in [0.05, 0.1) is 23.0 Å². The third-order valence-electron chi connectivity index (χ3n) is 2.44. The van der Waals surface area contributed by atoms with E-state index in [0.717, 1.165) is 5.56 Å². The summed E-state index contributed by atoms with van der Waals surface area (Å²) in [7, 11) is 0. The van der Waals surface area contributed by atoms with Gasteiger partial charge in [-0.3, -0.25) is 0 Å². The molecule has 0 radical (unpaired) electrons. The summed E-state index contributed by atoms with van der Waals surface area (Å²) in [5.41, 5.74) is 2.58. The van der Waals surface area contributed by atoms with E-state index in [1.54, 1.807) is 49.4 Å². The second-order valence-electron chi connectivity index (χ2n) is 3.83. The average molecular weight is 237 g/mol. The van der Waals surface area contributed by atoms with Gasteiger partial charge in [0.25, 0.3) is 0 Å². The molecule has 2 aromatic carbocycles. The molecule has 1 N–H and O–H groups in total. The molecule has 4 nitrogen and oxygen atoms in total. The van der Waals surface area contributed by atoms with Crippen molar-refractivity contribution in [1.29, 1.82) is 5.26 Å². The Labute approximate surface area is 105 Å². The van der Waals surface area contributed by atoms with E-state index in [9.17, 15) is 5.11 Å². The molecular weight excluding hydrogens is 226 g/mol. The first-order valence-electron chi connectivity index (χ1n) is 5.40. The molecule has 0 saturated carbocycles. The Morgan fingerprint density at radius 2 is 1.78 bits per heavy atom. The smallest absolute Gasteiger partial charge is 0.118 e. The third-order valence-corrected chi connectivity index (χ3v) is 2.44. The Hall–Kier alpha value is -2.67. The standard InChI is InChI=1S/C14H11N3O/c1-10-7-13(5-6-14(10)18)17-16-12-4-2-3-11(8-12)9-15/h2-8,18H,1H3. The van der Waals surface area contributed by atoms with Crippen LogP contribution < -0.4 is 0 Å². The fourth-order valence-corrected chi connectivity index (χ4v) is 1.45. The zero-order valence-electron chi connectivity index (χ0n) is 9.83. The number of azo groups is 1. The molecule has 0 bridgehead atoms. The summed E-state index contributed by atoms with van der Waals surface area (Å²) in [4.78, 5) is 0. The summed E-state index contributed by atoms with van der Waals surface area (Å²) in [5, 5.41) is 26.3. The highest BCUT2D eigenvalue weighted by Gasteiger charge is 1.97. The lowest BCUT2D eigenvalue weighted by Crippen LogP contribution is -1.73. The van der Waals surface area contributed by atoms with Gasteiger partial charge < -0.3 is 5.11 Å². The lowest BCUT2D eigenvalue weighted by Gasteiger charge is -1.98. The van der Waals surface area contributed by atoms with Crippen molar-refractivity contribution in [3.8, 4) is 11.8 Å². The Morgan fingerprint density at radius 1 is 1.06 bits per heavy atom. The van der Waals surface area contributed by atoms with Crippen molar-refractivity contribution in [2.75, 3.05) is 0 Å². The van der Waals surface area contributed by atoms with Crippen LogP contribution >= 0.6 is 0 Å². The van der Waals surface area contributed by atoms with Gasteiger partial charge in [0, 0.05) is 0 Å². The highest BCUT2D eigenvalue weighted by atomic mass is 16.3. The summed E-state index contributed by atoms with van der Waals surface area (Å²) < 4.78 is 0. The predicted octanol–water partition coefficient (Wildman–Crippen LogP) is 3.99. The van der Waals surface area contributed by atoms with E-state index in [2.05, 4.69) is 10.2 Å². The first-order valence-corrected chi connectivity index (χ1v) is 5.40. The van der Waals surface area contributed by atoms with Crippen LogP contribution in [0.4, 0.5) is 11.4 Å². The number of aryl methyl sites for hydroxylation is 1. The maximum Gasteiger partial charge on any atom is 0.118 e. The van der Waals surface area contributed by atoms with Crippen LogP contribution in [0.25, 0.3) is 0 Å². The molecule has 0 saturated heterocycles. The highest BCUT2D eigenvalue weighted by molar-refractivity contribution is 5.48. The second kappa shape index (κ2) is 5.11. The number of nitrogens with zero attached hydrogens (tertiary/aromatic N) is 3. The molecule has 2 rings (SSSR count). The van der Waals surface area contributed by atoms with Crippen LogP contribution in [0.5, 0.6) is 5.75 Å². The number of benzene rings is 2. The van der Waals surface area contributed by atoms with Gasteiger partial charge in [-0.15, -0.1) is 0 Å². The molecule has 0 fully saturated rings. The quantitative estimate of drug-likeness (QED) is 0.802. The van der Waals surface area contributed by atoms with Gasteiger partial charge in [-0.2, -0.15) is 15.5 Å². The van der Waals surface area contributed by atoms with Gasteiger partial charge in [-0.1, -0.05) is 6.07 Å². The van der Waals surface area contributed by atoms with Crippen LogP contribution in [0, 0.1) is 18.3 Å². The van der Waals surface area contributed by atoms with Gasteiger partial charge in [0.15, 0.2) is 0 Å². The molecule has 0 aliphatic rings. The number of hydrogen-bond donors (Lipinski definition) is 1. The fourth-order valence-electron chi connectivity index (χ4n) is 1.45. The van der Waals surface area contributed by atoms with E-state index < -0.39 is 0 Å². The lowest BCUT2D eigenvalue weighted by atomic mass is 10.2. The number of rotatable bonds is 2. The number of hydrogen-bond acceptors (Lipinski definition) is 4. The number of nitriles is 1. The van der Waals surface area contributed by atoms with Crippen molar-refractivity contribution in [3.63, 3.8) is 0 Å². The van der Waals surface area contributed by atoms with Crippen molar-refractivity contribution >= 4 is 11.4 Å². The minimum atomic E-state index is 0.237. The Balaban J connectivity index is 2.24. The number of phenolic OH excluding ortho intramolecular Hbond substituents is 1. The molecule has 0 aliphatic carbocycles. The molecule has 0 atom stereocenters.